The quantitative estimate of drug-likeness (QED) is 0.659. The number of halogens is 2. The molecule has 0 fully saturated rings. The SMILES string of the molecule is Cc1nc(C(=O)NCc2ccc(F)c(F)c2)cc(C2=NOC(c3ccn(C)c(=O)c3)C2)n1. The fourth-order valence-electron chi connectivity index (χ4n) is 3.23. The molecule has 1 amide bonds. The Hall–Kier alpha value is -3.95. The van der Waals surface area contributed by atoms with Crippen LogP contribution < -0.4 is 10.9 Å². The average molecular weight is 439 g/mol. The maximum Gasteiger partial charge on any atom is 0.270 e. The number of nitrogens with one attached hydrogen (secondary N) is 1. The predicted molar refractivity (Wildman–Crippen MR) is 111 cm³/mol. The van der Waals surface area contributed by atoms with Crippen LogP contribution in [0.1, 0.15) is 45.7 Å². The standard InChI is InChI=1S/C22H19F2N5O3/c1-12-26-17(18-10-20(32-28-18)14-5-6-29(2)21(30)8-14)9-19(27-12)22(31)25-11-13-3-4-15(23)16(24)7-13/h3-9,20H,10-11H2,1-2H3,(H,25,31). The van der Waals surface area contributed by atoms with Gasteiger partial charge in [-0.25, -0.2) is 18.7 Å². The Bertz CT molecular complexity index is 1290. The molecule has 1 N–H and O–H groups in total. The van der Waals surface area contributed by atoms with E-state index in [1.54, 1.807) is 26.2 Å². The Kier molecular flexibility index (Phi) is 5.76. The summed E-state index contributed by atoms with van der Waals surface area (Å²) < 4.78 is 27.9. The molecule has 164 valence electrons. The van der Waals surface area contributed by atoms with Crippen LogP contribution in [0.2, 0.25) is 0 Å². The number of benzene rings is 1. The third-order valence-corrected chi connectivity index (χ3v) is 4.97. The van der Waals surface area contributed by atoms with Crippen molar-refractivity contribution in [3.8, 4) is 0 Å². The summed E-state index contributed by atoms with van der Waals surface area (Å²) in [5.74, 6) is -2.07. The van der Waals surface area contributed by atoms with Crippen LogP contribution in [0.4, 0.5) is 8.78 Å². The first-order valence-electron chi connectivity index (χ1n) is 9.77. The number of pyridine rings is 1. The largest absolute Gasteiger partial charge is 0.387 e. The van der Waals surface area contributed by atoms with Crippen molar-refractivity contribution in [3.05, 3.63) is 92.9 Å². The van der Waals surface area contributed by atoms with Crippen molar-refractivity contribution in [1.82, 2.24) is 19.9 Å². The number of oxime groups is 1. The number of rotatable bonds is 5. The molecule has 1 unspecified atom stereocenters. The van der Waals surface area contributed by atoms with Crippen LogP contribution in [0.15, 0.2) is 52.5 Å². The van der Waals surface area contributed by atoms with E-state index in [1.165, 1.54) is 22.8 Å². The first kappa shape index (κ1) is 21.3. The van der Waals surface area contributed by atoms with E-state index < -0.39 is 23.6 Å². The summed E-state index contributed by atoms with van der Waals surface area (Å²) >= 11 is 0. The maximum absolute atomic E-state index is 13.3. The molecule has 0 saturated carbocycles. The van der Waals surface area contributed by atoms with Crippen LogP contribution in [-0.4, -0.2) is 26.2 Å². The lowest BCUT2D eigenvalue weighted by Gasteiger charge is -2.09. The van der Waals surface area contributed by atoms with Crippen molar-refractivity contribution < 1.29 is 18.4 Å². The number of amides is 1. The van der Waals surface area contributed by atoms with Crippen molar-refractivity contribution in [2.24, 2.45) is 12.2 Å². The monoisotopic (exact) mass is 439 g/mol. The number of carbonyl (C=O) groups is 1. The van der Waals surface area contributed by atoms with Gasteiger partial charge in [-0.1, -0.05) is 11.2 Å². The normalized spacial score (nSPS) is 15.2. The molecule has 0 aliphatic carbocycles. The van der Waals surface area contributed by atoms with E-state index in [4.69, 9.17) is 4.84 Å². The van der Waals surface area contributed by atoms with Gasteiger partial charge in [0.15, 0.2) is 17.7 Å². The number of nitrogens with zero attached hydrogens (tertiary/aromatic N) is 4. The van der Waals surface area contributed by atoms with Gasteiger partial charge in [0.2, 0.25) is 0 Å². The van der Waals surface area contributed by atoms with E-state index in [0.717, 1.165) is 12.1 Å². The topological polar surface area (TPSA) is 98.5 Å². The lowest BCUT2D eigenvalue weighted by molar-refractivity contribution is 0.0855. The molecule has 1 aromatic carbocycles. The molecule has 32 heavy (non-hydrogen) atoms. The molecule has 2 aromatic heterocycles. The fourth-order valence-corrected chi connectivity index (χ4v) is 3.23. The van der Waals surface area contributed by atoms with Crippen molar-refractivity contribution >= 4 is 11.6 Å². The first-order valence-corrected chi connectivity index (χ1v) is 9.77. The number of hydrogen-bond donors (Lipinski definition) is 1. The second-order valence-electron chi connectivity index (χ2n) is 7.36. The minimum Gasteiger partial charge on any atom is -0.387 e. The Morgan fingerprint density at radius 3 is 2.75 bits per heavy atom. The third-order valence-electron chi connectivity index (χ3n) is 4.97. The molecule has 0 bridgehead atoms. The fraction of sp³-hybridized carbons (Fsp3) is 0.227. The van der Waals surface area contributed by atoms with Crippen LogP contribution in [0.25, 0.3) is 0 Å². The molecule has 1 aliphatic rings. The maximum atomic E-state index is 13.3. The van der Waals surface area contributed by atoms with Crippen molar-refractivity contribution in [2.45, 2.75) is 26.0 Å². The summed E-state index contributed by atoms with van der Waals surface area (Å²) in [6.07, 6.45) is 1.60. The zero-order chi connectivity index (χ0) is 22.8. The van der Waals surface area contributed by atoms with Crippen LogP contribution in [0.5, 0.6) is 0 Å². The van der Waals surface area contributed by atoms with E-state index in [-0.39, 0.29) is 17.8 Å². The molecule has 3 aromatic rings. The van der Waals surface area contributed by atoms with Crippen LogP contribution >= 0.6 is 0 Å². The summed E-state index contributed by atoms with van der Waals surface area (Å²) in [5, 5.41) is 6.70. The van der Waals surface area contributed by atoms with Gasteiger partial charge in [-0.2, -0.15) is 0 Å². The highest BCUT2D eigenvalue weighted by Crippen LogP contribution is 2.28. The number of aromatic nitrogens is 3. The summed E-state index contributed by atoms with van der Waals surface area (Å²) in [4.78, 5) is 38.4. The smallest absolute Gasteiger partial charge is 0.270 e. The molecule has 1 aliphatic heterocycles. The summed E-state index contributed by atoms with van der Waals surface area (Å²) in [7, 11) is 1.66. The van der Waals surface area contributed by atoms with E-state index >= 15 is 0 Å². The molecule has 1 atom stereocenters. The van der Waals surface area contributed by atoms with Gasteiger partial charge in [0.1, 0.15) is 17.2 Å². The molecule has 8 nitrogen and oxygen atoms in total. The van der Waals surface area contributed by atoms with Crippen molar-refractivity contribution in [3.63, 3.8) is 0 Å². The molecule has 3 heterocycles. The minimum absolute atomic E-state index is 0.00349. The highest BCUT2D eigenvalue weighted by molar-refractivity contribution is 6.02. The van der Waals surface area contributed by atoms with E-state index in [9.17, 15) is 18.4 Å². The Morgan fingerprint density at radius 1 is 1.19 bits per heavy atom. The number of hydrogen-bond acceptors (Lipinski definition) is 6. The van der Waals surface area contributed by atoms with Crippen molar-refractivity contribution in [2.75, 3.05) is 0 Å². The Morgan fingerprint density at radius 2 is 2.00 bits per heavy atom. The van der Waals surface area contributed by atoms with Gasteiger partial charge in [0.25, 0.3) is 11.5 Å². The summed E-state index contributed by atoms with van der Waals surface area (Å²) in [6.45, 7) is 1.65. The zero-order valence-electron chi connectivity index (χ0n) is 17.3. The van der Waals surface area contributed by atoms with Gasteiger partial charge < -0.3 is 14.7 Å². The average Bonchev–Trinajstić information content (AvgIpc) is 3.26. The van der Waals surface area contributed by atoms with Gasteiger partial charge in [-0.15, -0.1) is 0 Å². The molecule has 0 spiro atoms. The lowest BCUT2D eigenvalue weighted by Crippen LogP contribution is -2.25. The zero-order valence-corrected chi connectivity index (χ0v) is 17.3. The highest BCUT2D eigenvalue weighted by atomic mass is 19.2. The van der Waals surface area contributed by atoms with Gasteiger partial charge >= 0.3 is 0 Å². The highest BCUT2D eigenvalue weighted by Gasteiger charge is 2.26. The van der Waals surface area contributed by atoms with Crippen LogP contribution in [0.3, 0.4) is 0 Å². The summed E-state index contributed by atoms with van der Waals surface area (Å²) in [5.41, 5.74) is 2.01. The molecular weight excluding hydrogens is 420 g/mol. The summed E-state index contributed by atoms with van der Waals surface area (Å²) in [6, 6.07) is 8.17. The van der Waals surface area contributed by atoms with E-state index in [2.05, 4.69) is 20.4 Å². The number of aryl methyl sites for hydroxylation is 2. The van der Waals surface area contributed by atoms with Gasteiger partial charge in [0.05, 0.1) is 5.69 Å². The van der Waals surface area contributed by atoms with Gasteiger partial charge in [-0.3, -0.25) is 9.59 Å². The molecule has 10 heteroatoms. The minimum atomic E-state index is -0.984. The predicted octanol–water partition coefficient (Wildman–Crippen LogP) is 2.56. The van der Waals surface area contributed by atoms with E-state index in [1.807, 2.05) is 0 Å². The molecule has 4 rings (SSSR count). The van der Waals surface area contributed by atoms with Crippen molar-refractivity contribution in [1.29, 1.82) is 0 Å². The first-order chi connectivity index (χ1) is 15.3. The molecule has 0 radical (unpaired) electrons. The van der Waals surface area contributed by atoms with Crippen LogP contribution in [0, 0.1) is 18.6 Å². The Balaban J connectivity index is 1.47. The second-order valence-corrected chi connectivity index (χ2v) is 7.36. The number of carbonyl (C=O) groups excluding carboxylic acids is 1. The van der Waals surface area contributed by atoms with Gasteiger partial charge in [-0.05, 0) is 36.8 Å². The Labute approximate surface area is 181 Å². The van der Waals surface area contributed by atoms with Gasteiger partial charge in [0, 0.05) is 37.8 Å². The molecule has 0 saturated heterocycles. The van der Waals surface area contributed by atoms with E-state index in [0.29, 0.717) is 34.8 Å². The molecular formula is C22H19F2N5O3. The third kappa shape index (κ3) is 4.53. The lowest BCUT2D eigenvalue weighted by atomic mass is 10.0. The second kappa shape index (κ2) is 8.66. The van der Waals surface area contributed by atoms with Crippen LogP contribution in [-0.2, 0) is 18.4 Å².